The third-order valence-electron chi connectivity index (χ3n) is 5.12. The van der Waals surface area contributed by atoms with Gasteiger partial charge in [-0.05, 0) is 30.2 Å². The minimum atomic E-state index is -0.305. The van der Waals surface area contributed by atoms with Gasteiger partial charge in [-0.3, -0.25) is 15.0 Å². The highest BCUT2D eigenvalue weighted by Gasteiger charge is 2.30. The molecule has 2 heterocycles. The van der Waals surface area contributed by atoms with Crippen molar-refractivity contribution in [3.8, 4) is 0 Å². The maximum atomic E-state index is 11.5. The first-order valence-corrected chi connectivity index (χ1v) is 9.39. The lowest BCUT2D eigenvalue weighted by Gasteiger charge is -2.31. The number of rotatable bonds is 4. The summed E-state index contributed by atoms with van der Waals surface area (Å²) in [6.07, 6.45) is 3.07. The second-order valence-electron chi connectivity index (χ2n) is 6.76. The predicted molar refractivity (Wildman–Crippen MR) is 106 cm³/mol. The van der Waals surface area contributed by atoms with Crippen LogP contribution in [-0.4, -0.2) is 20.9 Å². The summed E-state index contributed by atoms with van der Waals surface area (Å²) < 4.78 is 2.26. The van der Waals surface area contributed by atoms with Crippen molar-refractivity contribution in [1.82, 2.24) is 9.47 Å². The number of nitro benzene ring substituents is 1. The summed E-state index contributed by atoms with van der Waals surface area (Å²) in [6.45, 7) is 2.26. The third-order valence-corrected chi connectivity index (χ3v) is 5.46. The van der Waals surface area contributed by atoms with Crippen LogP contribution in [0, 0.1) is 10.1 Å². The van der Waals surface area contributed by atoms with Crippen LogP contribution in [0.15, 0.2) is 66.9 Å². The SMILES string of the molecule is O=[N+]([O-])c1ccccc1CN1CCCn2cccc2C1c1ccccc1Cl. The van der Waals surface area contributed by atoms with E-state index in [0.29, 0.717) is 11.6 Å². The normalized spacial score (nSPS) is 17.3. The first kappa shape index (κ1) is 17.8. The molecule has 6 heteroatoms. The van der Waals surface area contributed by atoms with Crippen molar-refractivity contribution in [3.05, 3.63) is 98.8 Å². The van der Waals surface area contributed by atoms with E-state index in [1.807, 2.05) is 42.5 Å². The molecule has 0 bridgehead atoms. The van der Waals surface area contributed by atoms with E-state index >= 15 is 0 Å². The Balaban J connectivity index is 1.79. The summed E-state index contributed by atoms with van der Waals surface area (Å²) in [6, 6.07) is 19.0. The van der Waals surface area contributed by atoms with Crippen LogP contribution in [0.25, 0.3) is 0 Å². The van der Waals surface area contributed by atoms with Crippen LogP contribution in [0.5, 0.6) is 0 Å². The summed E-state index contributed by atoms with van der Waals surface area (Å²) in [5.74, 6) is 0. The van der Waals surface area contributed by atoms with E-state index in [0.717, 1.165) is 30.6 Å². The Morgan fingerprint density at radius 1 is 1.04 bits per heavy atom. The number of aryl methyl sites for hydroxylation is 1. The predicted octanol–water partition coefficient (Wildman–Crippen LogP) is 5.05. The highest BCUT2D eigenvalue weighted by molar-refractivity contribution is 6.31. The first-order valence-electron chi connectivity index (χ1n) is 9.01. The molecule has 138 valence electrons. The molecule has 4 rings (SSSR count). The van der Waals surface area contributed by atoms with E-state index in [2.05, 4.69) is 21.7 Å². The van der Waals surface area contributed by atoms with Gasteiger partial charge in [0.05, 0.1) is 11.0 Å². The number of halogens is 1. The van der Waals surface area contributed by atoms with Crippen LogP contribution >= 0.6 is 11.6 Å². The highest BCUT2D eigenvalue weighted by Crippen LogP contribution is 2.37. The van der Waals surface area contributed by atoms with Crippen molar-refractivity contribution < 1.29 is 4.92 Å². The zero-order chi connectivity index (χ0) is 18.8. The van der Waals surface area contributed by atoms with Gasteiger partial charge in [0, 0.05) is 48.2 Å². The number of fused-ring (bicyclic) bond motifs is 1. The van der Waals surface area contributed by atoms with E-state index in [9.17, 15) is 10.1 Å². The van der Waals surface area contributed by atoms with Gasteiger partial charge in [0.15, 0.2) is 0 Å². The Morgan fingerprint density at radius 2 is 1.81 bits per heavy atom. The summed E-state index contributed by atoms with van der Waals surface area (Å²) in [7, 11) is 0. The molecule has 0 radical (unpaired) electrons. The Hall–Kier alpha value is -2.63. The summed E-state index contributed by atoms with van der Waals surface area (Å²) >= 11 is 6.55. The van der Waals surface area contributed by atoms with Gasteiger partial charge in [0.2, 0.25) is 0 Å². The van der Waals surface area contributed by atoms with Gasteiger partial charge < -0.3 is 4.57 Å². The lowest BCUT2D eigenvalue weighted by atomic mass is 10.0. The standard InChI is InChI=1S/C21H20ClN3O2/c22-18-9-3-2-8-17(18)21-20-11-5-12-23(20)13-6-14-24(21)15-16-7-1-4-10-19(16)25(26)27/h1-5,7-12,21H,6,13-15H2. The fourth-order valence-electron chi connectivity index (χ4n) is 3.90. The molecule has 2 aromatic carbocycles. The van der Waals surface area contributed by atoms with E-state index in [4.69, 9.17) is 11.6 Å². The van der Waals surface area contributed by atoms with Crippen molar-refractivity contribution >= 4 is 17.3 Å². The first-order chi connectivity index (χ1) is 13.1. The maximum absolute atomic E-state index is 11.5. The van der Waals surface area contributed by atoms with Crippen molar-refractivity contribution in [1.29, 1.82) is 0 Å². The van der Waals surface area contributed by atoms with Gasteiger partial charge in [-0.1, -0.05) is 48.0 Å². The van der Waals surface area contributed by atoms with Crippen LogP contribution < -0.4 is 0 Å². The maximum Gasteiger partial charge on any atom is 0.273 e. The minimum absolute atomic E-state index is 0.0454. The van der Waals surface area contributed by atoms with Gasteiger partial charge >= 0.3 is 0 Å². The second-order valence-corrected chi connectivity index (χ2v) is 7.17. The van der Waals surface area contributed by atoms with E-state index in [-0.39, 0.29) is 16.7 Å². The molecule has 0 saturated heterocycles. The Kier molecular flexibility index (Phi) is 4.97. The Labute approximate surface area is 162 Å². The van der Waals surface area contributed by atoms with Gasteiger partial charge in [-0.15, -0.1) is 0 Å². The van der Waals surface area contributed by atoms with Crippen LogP contribution in [0.4, 0.5) is 5.69 Å². The third kappa shape index (κ3) is 3.48. The fraction of sp³-hybridized carbons (Fsp3) is 0.238. The molecule has 3 aromatic rings. The molecule has 0 amide bonds. The van der Waals surface area contributed by atoms with Crippen molar-refractivity contribution in [2.45, 2.75) is 25.6 Å². The molecule has 0 saturated carbocycles. The van der Waals surface area contributed by atoms with Gasteiger partial charge in [-0.2, -0.15) is 0 Å². The van der Waals surface area contributed by atoms with Crippen molar-refractivity contribution in [2.75, 3.05) is 6.54 Å². The summed E-state index contributed by atoms with van der Waals surface area (Å²) in [4.78, 5) is 13.4. The number of nitrogens with zero attached hydrogens (tertiary/aromatic N) is 3. The monoisotopic (exact) mass is 381 g/mol. The van der Waals surface area contributed by atoms with Gasteiger partial charge in [0.25, 0.3) is 5.69 Å². The van der Waals surface area contributed by atoms with Crippen molar-refractivity contribution in [2.24, 2.45) is 0 Å². The molecule has 0 fully saturated rings. The van der Waals surface area contributed by atoms with Crippen LogP contribution in [0.2, 0.25) is 5.02 Å². The van der Waals surface area contributed by atoms with E-state index < -0.39 is 0 Å². The smallest absolute Gasteiger partial charge is 0.273 e. The van der Waals surface area contributed by atoms with Crippen LogP contribution in [0.1, 0.15) is 29.3 Å². The van der Waals surface area contributed by atoms with E-state index in [1.54, 1.807) is 12.1 Å². The molecule has 1 atom stereocenters. The largest absolute Gasteiger partial charge is 0.350 e. The molecule has 1 unspecified atom stereocenters. The minimum Gasteiger partial charge on any atom is -0.350 e. The topological polar surface area (TPSA) is 51.3 Å². The average Bonchev–Trinajstić information content (AvgIpc) is 3.05. The molecule has 0 spiro atoms. The quantitative estimate of drug-likeness (QED) is 0.469. The molecule has 0 aliphatic carbocycles. The molecular formula is C21H20ClN3O2. The van der Waals surface area contributed by atoms with Crippen LogP contribution in [0.3, 0.4) is 0 Å². The molecule has 5 nitrogen and oxygen atoms in total. The fourth-order valence-corrected chi connectivity index (χ4v) is 4.14. The molecular weight excluding hydrogens is 362 g/mol. The number of aromatic nitrogens is 1. The molecule has 1 aromatic heterocycles. The van der Waals surface area contributed by atoms with Crippen molar-refractivity contribution in [3.63, 3.8) is 0 Å². The number of hydrogen-bond donors (Lipinski definition) is 0. The highest BCUT2D eigenvalue weighted by atomic mass is 35.5. The average molecular weight is 382 g/mol. The zero-order valence-corrected chi connectivity index (χ0v) is 15.5. The second kappa shape index (κ2) is 7.55. The zero-order valence-electron chi connectivity index (χ0n) is 14.8. The lowest BCUT2D eigenvalue weighted by molar-refractivity contribution is -0.385. The van der Waals surface area contributed by atoms with Crippen LogP contribution in [-0.2, 0) is 13.1 Å². The van der Waals surface area contributed by atoms with Gasteiger partial charge in [-0.25, -0.2) is 0 Å². The number of benzene rings is 2. The number of nitro groups is 1. The Morgan fingerprint density at radius 3 is 2.63 bits per heavy atom. The molecule has 1 aliphatic rings. The molecule has 27 heavy (non-hydrogen) atoms. The van der Waals surface area contributed by atoms with E-state index in [1.165, 1.54) is 5.69 Å². The lowest BCUT2D eigenvalue weighted by Crippen LogP contribution is -2.30. The summed E-state index contributed by atoms with van der Waals surface area (Å²) in [5.41, 5.74) is 3.08. The molecule has 1 aliphatic heterocycles. The number of hydrogen-bond acceptors (Lipinski definition) is 3. The summed E-state index contributed by atoms with van der Waals surface area (Å²) in [5, 5.41) is 12.2. The Bertz CT molecular complexity index is 969. The molecule has 0 N–H and O–H groups in total. The number of para-hydroxylation sites is 1. The van der Waals surface area contributed by atoms with Gasteiger partial charge in [0.1, 0.15) is 0 Å².